The highest BCUT2D eigenvalue weighted by Gasteiger charge is 2.23. The van der Waals surface area contributed by atoms with Gasteiger partial charge in [0, 0.05) is 43.6 Å². The van der Waals surface area contributed by atoms with E-state index in [4.69, 9.17) is 9.47 Å². The van der Waals surface area contributed by atoms with Crippen molar-refractivity contribution in [3.63, 3.8) is 0 Å². The summed E-state index contributed by atoms with van der Waals surface area (Å²) in [6.07, 6.45) is 0.788. The molecule has 0 unspecified atom stereocenters. The molecule has 140 valence electrons. The van der Waals surface area contributed by atoms with Crippen LogP contribution in [0.5, 0.6) is 11.5 Å². The van der Waals surface area contributed by atoms with E-state index in [1.54, 1.807) is 14.2 Å². The normalized spacial score (nSPS) is 14.4. The quantitative estimate of drug-likeness (QED) is 0.891. The Morgan fingerprint density at radius 1 is 1.27 bits per heavy atom. The van der Waals surface area contributed by atoms with Crippen LogP contribution < -0.4 is 15.0 Å². The van der Waals surface area contributed by atoms with Crippen molar-refractivity contribution in [2.45, 2.75) is 46.2 Å². The lowest BCUT2D eigenvalue weighted by atomic mass is 10.0. The molecule has 0 bridgehead atoms. The summed E-state index contributed by atoms with van der Waals surface area (Å²) in [5, 5.41) is 0. The summed E-state index contributed by atoms with van der Waals surface area (Å²) >= 11 is 0. The minimum atomic E-state index is -0.0122. The highest BCUT2D eigenvalue weighted by Crippen LogP contribution is 2.30. The van der Waals surface area contributed by atoms with Crippen LogP contribution in [0.25, 0.3) is 0 Å². The molecule has 6 nitrogen and oxygen atoms in total. The van der Waals surface area contributed by atoms with Crippen molar-refractivity contribution in [3.8, 4) is 11.5 Å². The van der Waals surface area contributed by atoms with Gasteiger partial charge in [-0.15, -0.1) is 0 Å². The second-order valence-electron chi connectivity index (χ2n) is 7.12. The molecular formula is C20H27N3O3. The van der Waals surface area contributed by atoms with Crippen LogP contribution in [-0.4, -0.2) is 35.6 Å². The highest BCUT2D eigenvalue weighted by atomic mass is 16.5. The Balaban J connectivity index is 1.86. The summed E-state index contributed by atoms with van der Waals surface area (Å²) in [6, 6.07) is 3.92. The maximum Gasteiger partial charge on any atom is 0.255 e. The number of aryl methyl sites for hydroxylation is 1. The number of rotatable bonds is 5. The Labute approximate surface area is 154 Å². The third-order valence-electron chi connectivity index (χ3n) is 4.96. The van der Waals surface area contributed by atoms with Crippen LogP contribution in [0.4, 0.5) is 0 Å². The molecule has 1 aromatic heterocycles. The molecule has 0 amide bonds. The molecule has 1 aliphatic heterocycles. The first kappa shape index (κ1) is 18.5. The van der Waals surface area contributed by atoms with Gasteiger partial charge in [0.05, 0.1) is 25.5 Å². The van der Waals surface area contributed by atoms with Crippen LogP contribution in [0, 0.1) is 6.92 Å². The Morgan fingerprint density at radius 3 is 2.69 bits per heavy atom. The Kier molecular flexibility index (Phi) is 5.32. The molecule has 0 spiro atoms. The first-order valence-electron chi connectivity index (χ1n) is 8.98. The molecule has 0 atom stereocenters. The van der Waals surface area contributed by atoms with E-state index in [9.17, 15) is 4.79 Å². The second kappa shape index (κ2) is 7.50. The zero-order valence-corrected chi connectivity index (χ0v) is 16.2. The molecule has 2 heterocycles. The fourth-order valence-electron chi connectivity index (χ4n) is 3.39. The largest absolute Gasteiger partial charge is 0.497 e. The summed E-state index contributed by atoms with van der Waals surface area (Å²) in [4.78, 5) is 22.4. The van der Waals surface area contributed by atoms with E-state index in [0.29, 0.717) is 6.54 Å². The maximum atomic E-state index is 12.5. The number of nitrogens with zero attached hydrogens (tertiary/aromatic N) is 2. The lowest BCUT2D eigenvalue weighted by Gasteiger charge is -2.29. The van der Waals surface area contributed by atoms with Crippen LogP contribution in [0.15, 0.2) is 16.9 Å². The summed E-state index contributed by atoms with van der Waals surface area (Å²) in [7, 11) is 3.32. The number of nitrogens with one attached hydrogen (secondary N) is 1. The van der Waals surface area contributed by atoms with E-state index in [2.05, 4.69) is 21.8 Å². The zero-order valence-electron chi connectivity index (χ0n) is 16.2. The average Bonchev–Trinajstić information content (AvgIpc) is 2.63. The lowest BCUT2D eigenvalue weighted by Crippen LogP contribution is -2.36. The third kappa shape index (κ3) is 3.60. The number of ether oxygens (including phenoxy) is 2. The van der Waals surface area contributed by atoms with Gasteiger partial charge in [-0.05, 0) is 18.6 Å². The third-order valence-corrected chi connectivity index (χ3v) is 4.96. The van der Waals surface area contributed by atoms with Gasteiger partial charge in [-0.3, -0.25) is 9.69 Å². The fraction of sp³-hybridized carbons (Fsp3) is 0.500. The number of benzene rings is 1. The first-order chi connectivity index (χ1) is 12.4. The van der Waals surface area contributed by atoms with E-state index in [1.807, 2.05) is 26.0 Å². The van der Waals surface area contributed by atoms with Crippen molar-refractivity contribution in [2.75, 3.05) is 20.8 Å². The van der Waals surface area contributed by atoms with Gasteiger partial charge in [-0.2, -0.15) is 0 Å². The molecule has 6 heteroatoms. The summed E-state index contributed by atoms with van der Waals surface area (Å²) in [5.74, 6) is 2.59. The summed E-state index contributed by atoms with van der Waals surface area (Å²) < 4.78 is 10.9. The van der Waals surface area contributed by atoms with Crippen molar-refractivity contribution in [3.05, 3.63) is 50.7 Å². The molecule has 1 N–H and O–H groups in total. The van der Waals surface area contributed by atoms with Crippen LogP contribution >= 0.6 is 0 Å². The Bertz CT molecular complexity index is 858. The highest BCUT2D eigenvalue weighted by molar-refractivity contribution is 5.46. The van der Waals surface area contributed by atoms with Gasteiger partial charge in [0.25, 0.3) is 5.56 Å². The van der Waals surface area contributed by atoms with Gasteiger partial charge in [0.15, 0.2) is 0 Å². The summed E-state index contributed by atoms with van der Waals surface area (Å²) in [5.41, 5.74) is 3.95. The molecule has 2 aromatic rings. The van der Waals surface area contributed by atoms with Crippen molar-refractivity contribution < 1.29 is 9.47 Å². The minimum absolute atomic E-state index is 0.0122. The standard InChI is InChI=1S/C20H27N3O3/c1-12(2)19-21-17-6-7-23(11-16(17)20(24)22-19)10-15-13(3)8-14(25-4)9-18(15)26-5/h8-9,12H,6-7,10-11H2,1-5H3,(H,21,22,24). The van der Waals surface area contributed by atoms with E-state index < -0.39 is 0 Å². The molecule has 3 rings (SSSR count). The Morgan fingerprint density at radius 2 is 2.04 bits per heavy atom. The molecule has 1 aromatic carbocycles. The van der Waals surface area contributed by atoms with Gasteiger partial charge in [-0.25, -0.2) is 4.98 Å². The van der Waals surface area contributed by atoms with Crippen LogP contribution in [0.2, 0.25) is 0 Å². The number of methoxy groups -OCH3 is 2. The molecule has 0 aliphatic carbocycles. The van der Waals surface area contributed by atoms with Gasteiger partial charge >= 0.3 is 0 Å². The van der Waals surface area contributed by atoms with Gasteiger partial charge in [0.1, 0.15) is 17.3 Å². The number of fused-ring (bicyclic) bond motifs is 1. The van der Waals surface area contributed by atoms with Gasteiger partial charge in [0.2, 0.25) is 0 Å². The molecule has 0 radical (unpaired) electrons. The molecular weight excluding hydrogens is 330 g/mol. The van der Waals surface area contributed by atoms with E-state index in [1.165, 1.54) is 0 Å². The van der Waals surface area contributed by atoms with Crippen molar-refractivity contribution in [1.29, 1.82) is 0 Å². The molecule has 1 aliphatic rings. The number of aromatic amines is 1. The van der Waals surface area contributed by atoms with E-state index >= 15 is 0 Å². The van der Waals surface area contributed by atoms with Crippen LogP contribution in [-0.2, 0) is 19.5 Å². The molecule has 0 saturated carbocycles. The average molecular weight is 357 g/mol. The summed E-state index contributed by atoms with van der Waals surface area (Å²) in [6.45, 7) is 8.34. The van der Waals surface area contributed by atoms with Crippen molar-refractivity contribution in [2.24, 2.45) is 0 Å². The topological polar surface area (TPSA) is 67.5 Å². The van der Waals surface area contributed by atoms with E-state index in [0.717, 1.165) is 59.2 Å². The number of hydrogen-bond acceptors (Lipinski definition) is 5. The van der Waals surface area contributed by atoms with Crippen LogP contribution in [0.1, 0.15) is 48.0 Å². The maximum absolute atomic E-state index is 12.5. The molecule has 26 heavy (non-hydrogen) atoms. The predicted octanol–water partition coefficient (Wildman–Crippen LogP) is 2.78. The molecule has 0 fully saturated rings. The number of aromatic nitrogens is 2. The van der Waals surface area contributed by atoms with Gasteiger partial charge < -0.3 is 14.5 Å². The predicted molar refractivity (Wildman–Crippen MR) is 101 cm³/mol. The van der Waals surface area contributed by atoms with Gasteiger partial charge in [-0.1, -0.05) is 13.8 Å². The first-order valence-corrected chi connectivity index (χ1v) is 8.98. The lowest BCUT2D eigenvalue weighted by molar-refractivity contribution is 0.237. The SMILES string of the molecule is COc1cc(C)c(CN2CCc3nc(C(C)C)[nH]c(=O)c3C2)c(OC)c1. The number of H-pyrrole nitrogens is 1. The molecule has 0 saturated heterocycles. The monoisotopic (exact) mass is 357 g/mol. The minimum Gasteiger partial charge on any atom is -0.497 e. The van der Waals surface area contributed by atoms with Crippen LogP contribution in [0.3, 0.4) is 0 Å². The van der Waals surface area contributed by atoms with Crippen molar-refractivity contribution >= 4 is 0 Å². The van der Waals surface area contributed by atoms with Crippen molar-refractivity contribution in [1.82, 2.24) is 14.9 Å². The zero-order chi connectivity index (χ0) is 18.8. The van der Waals surface area contributed by atoms with E-state index in [-0.39, 0.29) is 11.5 Å². The smallest absolute Gasteiger partial charge is 0.255 e. The second-order valence-corrected chi connectivity index (χ2v) is 7.12. The Hall–Kier alpha value is -2.34. The number of hydrogen-bond donors (Lipinski definition) is 1. The fourth-order valence-corrected chi connectivity index (χ4v) is 3.39.